The lowest BCUT2D eigenvalue weighted by Gasteiger charge is -2.22. The van der Waals surface area contributed by atoms with Crippen molar-refractivity contribution < 1.29 is 88.6 Å². The predicted octanol–water partition coefficient (Wildman–Crippen LogP) is 10.7. The lowest BCUT2D eigenvalue weighted by atomic mass is 10.0. The van der Waals surface area contributed by atoms with Crippen molar-refractivity contribution in [2.75, 3.05) is 22.8 Å². The Hall–Kier alpha value is -8.00. The summed E-state index contributed by atoms with van der Waals surface area (Å²) < 4.78 is 111. The first-order chi connectivity index (χ1) is 36.3. The number of anilines is 2. The summed E-state index contributed by atoms with van der Waals surface area (Å²) in [6, 6.07) is 32.2. The molecule has 26 heteroatoms. The highest BCUT2D eigenvalue weighted by atomic mass is 35.5. The van der Waals surface area contributed by atoms with Gasteiger partial charge in [0.05, 0.1) is 41.0 Å². The maximum absolute atomic E-state index is 12.6. The SMILES string of the molecule is CCC(Oc1ccccc1)C(=O)O.O=C(O)C=CC(=O)Nc1ccc(SC(F)(F)F)cc1.O=C(O)CCOC(Cc1cnccn1)c1ccc(C(F)(F)F)cc1.O=C(O)CN(c1ccc(Cl)cc1)S(=O)(=O)c1ccccc1. The molecule has 2 unspecified atom stereocenters. The summed E-state index contributed by atoms with van der Waals surface area (Å²) in [4.78, 5) is 61.6. The Morgan fingerprint density at radius 1 is 0.766 bits per heavy atom. The average molecular weight is 1140 g/mol. The number of ether oxygens (including phenoxy) is 2. The zero-order valence-corrected chi connectivity index (χ0v) is 42.4. The van der Waals surface area contributed by atoms with Gasteiger partial charge in [0, 0.05) is 52.8 Å². The molecule has 0 aliphatic heterocycles. The lowest BCUT2D eigenvalue weighted by molar-refractivity contribution is -0.145. The van der Waals surface area contributed by atoms with Crippen LogP contribution >= 0.6 is 23.4 Å². The highest BCUT2D eigenvalue weighted by molar-refractivity contribution is 8.00. The largest absolute Gasteiger partial charge is 0.481 e. The van der Waals surface area contributed by atoms with Crippen LogP contribution < -0.4 is 14.4 Å². The molecule has 0 aliphatic rings. The molecule has 0 saturated carbocycles. The minimum atomic E-state index is -4.41. The highest BCUT2D eigenvalue weighted by Gasteiger charge is 2.31. The number of amides is 1. The van der Waals surface area contributed by atoms with E-state index < -0.39 is 75.8 Å². The van der Waals surface area contributed by atoms with Crippen LogP contribution in [0.2, 0.25) is 5.02 Å². The number of hydrogen-bond acceptors (Lipinski definition) is 12. The van der Waals surface area contributed by atoms with Crippen LogP contribution in [0.3, 0.4) is 0 Å². The summed E-state index contributed by atoms with van der Waals surface area (Å²) >= 11 is 5.51. The van der Waals surface area contributed by atoms with Gasteiger partial charge in [0.15, 0.2) is 6.10 Å². The van der Waals surface area contributed by atoms with Gasteiger partial charge in [-0.2, -0.15) is 26.3 Å². The molecule has 17 nitrogen and oxygen atoms in total. The van der Waals surface area contributed by atoms with Crippen LogP contribution in [0, 0.1) is 0 Å². The van der Waals surface area contributed by atoms with Gasteiger partial charge in [0.25, 0.3) is 10.0 Å². The van der Waals surface area contributed by atoms with Crippen molar-refractivity contribution in [2.24, 2.45) is 0 Å². The Labute approximate surface area is 445 Å². The first-order valence-electron chi connectivity index (χ1n) is 22.1. The number of nitrogens with one attached hydrogen (secondary N) is 1. The van der Waals surface area contributed by atoms with Gasteiger partial charge in [0.2, 0.25) is 5.91 Å². The number of alkyl halides is 6. The van der Waals surface area contributed by atoms with Crippen LogP contribution in [0.4, 0.5) is 37.7 Å². The smallest absolute Gasteiger partial charge is 0.446 e. The van der Waals surface area contributed by atoms with E-state index in [2.05, 4.69) is 15.3 Å². The number of thioether (sulfide) groups is 1. The molecule has 77 heavy (non-hydrogen) atoms. The molecule has 6 rings (SSSR count). The van der Waals surface area contributed by atoms with Crippen molar-refractivity contribution in [1.29, 1.82) is 0 Å². The molecule has 0 spiro atoms. The average Bonchev–Trinajstić information content (AvgIpc) is 3.38. The topological polar surface area (TPSA) is 260 Å². The van der Waals surface area contributed by atoms with Crippen molar-refractivity contribution in [3.8, 4) is 5.75 Å². The van der Waals surface area contributed by atoms with E-state index in [4.69, 9.17) is 41.5 Å². The molecule has 0 bridgehead atoms. The Morgan fingerprint density at radius 2 is 1.36 bits per heavy atom. The van der Waals surface area contributed by atoms with E-state index in [1.807, 2.05) is 18.2 Å². The Morgan fingerprint density at radius 3 is 1.86 bits per heavy atom. The first-order valence-corrected chi connectivity index (χ1v) is 24.7. The van der Waals surface area contributed by atoms with E-state index in [-0.39, 0.29) is 52.4 Å². The van der Waals surface area contributed by atoms with Gasteiger partial charge in [-0.05, 0) is 109 Å². The molecule has 0 radical (unpaired) electrons. The molecule has 410 valence electrons. The molecule has 1 amide bonds. The van der Waals surface area contributed by atoms with E-state index >= 15 is 0 Å². The molecule has 0 aliphatic carbocycles. The van der Waals surface area contributed by atoms with Gasteiger partial charge in [-0.15, -0.1) is 0 Å². The fourth-order valence-electron chi connectivity index (χ4n) is 5.88. The second kappa shape index (κ2) is 31.1. The second-order valence-corrected chi connectivity index (χ2v) is 18.6. The van der Waals surface area contributed by atoms with Crippen LogP contribution in [-0.2, 0) is 51.3 Å². The number of carbonyl (C=O) groups is 5. The van der Waals surface area contributed by atoms with Crippen molar-refractivity contribution >= 4 is 74.5 Å². The molecule has 5 N–H and O–H groups in total. The van der Waals surface area contributed by atoms with Crippen molar-refractivity contribution in [2.45, 2.75) is 59.9 Å². The quantitative estimate of drug-likeness (QED) is 0.0270. The summed E-state index contributed by atoms with van der Waals surface area (Å²) in [6.07, 6.45) is 0.759. The molecule has 1 aromatic heterocycles. The van der Waals surface area contributed by atoms with Gasteiger partial charge in [0.1, 0.15) is 12.3 Å². The lowest BCUT2D eigenvalue weighted by Crippen LogP contribution is -2.35. The zero-order valence-electron chi connectivity index (χ0n) is 40.0. The minimum absolute atomic E-state index is 0.00780. The fourth-order valence-corrected chi connectivity index (χ4v) is 7.98. The molecule has 0 fully saturated rings. The molecular weight excluding hydrogens is 1090 g/mol. The van der Waals surface area contributed by atoms with Gasteiger partial charge >= 0.3 is 35.6 Å². The number of rotatable bonds is 20. The number of carboxylic acids is 4. The molecule has 1 heterocycles. The normalized spacial score (nSPS) is 11.9. The Balaban J connectivity index is 0.000000276. The number of aromatic nitrogens is 2. The monoisotopic (exact) mass is 1140 g/mol. The third-order valence-electron chi connectivity index (χ3n) is 9.38. The minimum Gasteiger partial charge on any atom is -0.481 e. The molecule has 2 atom stereocenters. The third kappa shape index (κ3) is 24.5. The summed E-state index contributed by atoms with van der Waals surface area (Å²) in [5.74, 6) is -4.54. The predicted molar refractivity (Wildman–Crippen MR) is 271 cm³/mol. The molecule has 6 aromatic rings. The number of halogens is 7. The Bertz CT molecular complexity index is 2950. The molecule has 0 saturated heterocycles. The van der Waals surface area contributed by atoms with Crippen LogP contribution in [0.25, 0.3) is 0 Å². The van der Waals surface area contributed by atoms with Gasteiger partial charge in [-0.3, -0.25) is 28.7 Å². The van der Waals surface area contributed by atoms with E-state index in [1.54, 1.807) is 37.3 Å². The van der Waals surface area contributed by atoms with Crippen molar-refractivity contribution in [3.63, 3.8) is 0 Å². The van der Waals surface area contributed by atoms with E-state index in [9.17, 15) is 58.7 Å². The van der Waals surface area contributed by atoms with E-state index in [0.717, 1.165) is 22.5 Å². The van der Waals surface area contributed by atoms with Crippen molar-refractivity contribution in [1.82, 2.24) is 9.97 Å². The summed E-state index contributed by atoms with van der Waals surface area (Å²) in [5.41, 5.74) is -3.50. The van der Waals surface area contributed by atoms with Gasteiger partial charge in [-0.25, -0.2) is 18.0 Å². The summed E-state index contributed by atoms with van der Waals surface area (Å²) in [5, 5.41) is 37.4. The Kier molecular flexibility index (Phi) is 25.6. The van der Waals surface area contributed by atoms with Crippen LogP contribution in [0.1, 0.15) is 42.7 Å². The standard InChI is InChI=1S/C16H15F3N2O3.C14H12ClNO4S.C11H8F3NO3S.C10H12O3/c17-16(18,19)12-3-1-11(2-4-12)14(24-8-5-15(22)23)9-13-10-20-6-7-21-13;15-11-6-8-12(9-7-11)16(10-14(17)18)21(19,20)13-4-2-1-3-5-13;12-11(13,14)19-8-3-1-7(2-4-8)15-9(16)5-6-10(17)18;1-2-9(10(11)12)13-8-6-4-3-5-7-8/h1-4,6-7,10,14H,5,8-9H2,(H,22,23);1-9H,10H2,(H,17,18);1-6H,(H,15,16)(H,17,18);3-7,9H,2H2,1H3,(H,11,12). The maximum Gasteiger partial charge on any atom is 0.446 e. The number of aliphatic carboxylic acids is 4. The number of nitrogens with zero attached hydrogens (tertiary/aromatic N) is 3. The van der Waals surface area contributed by atoms with Crippen LogP contribution in [0.15, 0.2) is 174 Å². The number of carbonyl (C=O) groups excluding carboxylic acids is 1. The summed E-state index contributed by atoms with van der Waals surface area (Å²) in [6.45, 7) is 1.06. The number of hydrogen-bond donors (Lipinski definition) is 5. The maximum atomic E-state index is 12.6. The third-order valence-corrected chi connectivity index (χ3v) is 12.2. The number of benzene rings is 5. The number of sulfonamides is 1. The van der Waals surface area contributed by atoms with E-state index in [1.165, 1.54) is 91.4 Å². The summed E-state index contributed by atoms with van der Waals surface area (Å²) in [7, 11) is -3.95. The fraction of sp³-hybridized carbons (Fsp3) is 0.196. The first kappa shape index (κ1) is 63.3. The zero-order chi connectivity index (χ0) is 57.2. The van der Waals surface area contributed by atoms with Crippen LogP contribution in [0.5, 0.6) is 5.75 Å². The molecule has 5 aromatic carbocycles. The molecular formula is C51H47ClF6N4O13S2. The number of para-hydroxylation sites is 1. The highest BCUT2D eigenvalue weighted by Crippen LogP contribution is 2.37. The van der Waals surface area contributed by atoms with Gasteiger partial charge < -0.3 is 35.2 Å². The van der Waals surface area contributed by atoms with Crippen molar-refractivity contribution in [3.05, 3.63) is 186 Å². The van der Waals surface area contributed by atoms with E-state index in [0.29, 0.717) is 34.5 Å². The second-order valence-electron chi connectivity index (χ2n) is 15.1. The van der Waals surface area contributed by atoms with Crippen LogP contribution in [-0.4, -0.2) is 93.4 Å². The number of carboxylic acid groups (broad SMARTS) is 4. The van der Waals surface area contributed by atoms with Gasteiger partial charge in [-0.1, -0.05) is 67.1 Å².